The van der Waals surface area contributed by atoms with Gasteiger partial charge in [-0.3, -0.25) is 0 Å². The van der Waals surface area contributed by atoms with Gasteiger partial charge in [-0.2, -0.15) is 4.98 Å². The Hall–Kier alpha value is -1.86. The molecule has 5 nitrogen and oxygen atoms in total. The van der Waals surface area contributed by atoms with Gasteiger partial charge in [0.25, 0.3) is 0 Å². The zero-order chi connectivity index (χ0) is 13.7. The number of benzene rings is 1. The molecule has 0 bridgehead atoms. The number of hydrogen-bond acceptors (Lipinski definition) is 5. The predicted octanol–water partition coefficient (Wildman–Crippen LogP) is 1.75. The molecule has 0 saturated carbocycles. The fraction of sp³-hybridized carbons (Fsp3) is 0.333. The highest BCUT2D eigenvalue weighted by Gasteiger charge is 2.10. The van der Waals surface area contributed by atoms with Crippen LogP contribution in [0.1, 0.15) is 5.89 Å². The standard InChI is InChI=1S/C12H13F2N3O2/c1-18-5-4-15-7-11-16-12(17-19-11)8-2-3-9(13)10(14)6-8/h2-3,6,15H,4-5,7H2,1H3. The first-order chi connectivity index (χ1) is 9.20. The third kappa shape index (κ3) is 3.55. The van der Waals surface area contributed by atoms with E-state index in [1.54, 1.807) is 7.11 Å². The van der Waals surface area contributed by atoms with Crippen molar-refractivity contribution in [3.63, 3.8) is 0 Å². The van der Waals surface area contributed by atoms with Crippen molar-refractivity contribution in [3.05, 3.63) is 35.7 Å². The first-order valence-electron chi connectivity index (χ1n) is 5.68. The number of ether oxygens (including phenoxy) is 1. The normalized spacial score (nSPS) is 10.9. The Morgan fingerprint density at radius 1 is 1.32 bits per heavy atom. The summed E-state index contributed by atoms with van der Waals surface area (Å²) in [5.41, 5.74) is 0.366. The molecule has 1 aromatic carbocycles. The lowest BCUT2D eigenvalue weighted by atomic mass is 10.2. The van der Waals surface area contributed by atoms with Crippen LogP contribution in [-0.4, -0.2) is 30.4 Å². The van der Waals surface area contributed by atoms with Crippen LogP contribution < -0.4 is 5.32 Å². The molecule has 0 fully saturated rings. The highest BCUT2D eigenvalue weighted by molar-refractivity contribution is 5.54. The smallest absolute Gasteiger partial charge is 0.240 e. The molecule has 102 valence electrons. The molecule has 1 N–H and O–H groups in total. The Morgan fingerprint density at radius 2 is 2.16 bits per heavy atom. The lowest BCUT2D eigenvalue weighted by Crippen LogP contribution is -2.18. The van der Waals surface area contributed by atoms with E-state index >= 15 is 0 Å². The van der Waals surface area contributed by atoms with Crippen LogP contribution in [0.3, 0.4) is 0 Å². The molecule has 0 radical (unpaired) electrons. The number of hydrogen-bond donors (Lipinski definition) is 1. The van der Waals surface area contributed by atoms with Gasteiger partial charge in [0.05, 0.1) is 13.2 Å². The molecule has 1 heterocycles. The largest absolute Gasteiger partial charge is 0.383 e. The maximum Gasteiger partial charge on any atom is 0.240 e. The highest BCUT2D eigenvalue weighted by atomic mass is 19.2. The number of aromatic nitrogens is 2. The average Bonchev–Trinajstić information content (AvgIpc) is 2.87. The molecule has 19 heavy (non-hydrogen) atoms. The lowest BCUT2D eigenvalue weighted by Gasteiger charge is -1.98. The zero-order valence-electron chi connectivity index (χ0n) is 10.3. The van der Waals surface area contributed by atoms with Crippen molar-refractivity contribution < 1.29 is 18.0 Å². The minimum Gasteiger partial charge on any atom is -0.383 e. The molecule has 0 aliphatic carbocycles. The van der Waals surface area contributed by atoms with E-state index in [0.29, 0.717) is 31.2 Å². The summed E-state index contributed by atoms with van der Waals surface area (Å²) in [6.07, 6.45) is 0. The Balaban J connectivity index is 2.01. The summed E-state index contributed by atoms with van der Waals surface area (Å²) in [6, 6.07) is 3.45. The molecule has 0 aliphatic heterocycles. The van der Waals surface area contributed by atoms with E-state index in [9.17, 15) is 8.78 Å². The molecular formula is C12H13F2N3O2. The molecule has 0 atom stereocenters. The molecule has 0 spiro atoms. The lowest BCUT2D eigenvalue weighted by molar-refractivity contribution is 0.197. The summed E-state index contributed by atoms with van der Waals surface area (Å²) in [5.74, 6) is -1.26. The molecule has 1 aromatic heterocycles. The van der Waals surface area contributed by atoms with Crippen molar-refractivity contribution in [2.24, 2.45) is 0 Å². The van der Waals surface area contributed by atoms with Crippen LogP contribution in [0.2, 0.25) is 0 Å². The Bertz CT molecular complexity index is 546. The van der Waals surface area contributed by atoms with Gasteiger partial charge in [0.15, 0.2) is 11.6 Å². The average molecular weight is 269 g/mol. The number of methoxy groups -OCH3 is 1. The maximum atomic E-state index is 13.1. The van der Waals surface area contributed by atoms with Crippen molar-refractivity contribution in [1.29, 1.82) is 0 Å². The van der Waals surface area contributed by atoms with Gasteiger partial charge in [-0.1, -0.05) is 5.16 Å². The Morgan fingerprint density at radius 3 is 2.89 bits per heavy atom. The van der Waals surface area contributed by atoms with Crippen LogP contribution in [0.15, 0.2) is 22.7 Å². The van der Waals surface area contributed by atoms with E-state index < -0.39 is 11.6 Å². The Labute approximate surface area is 108 Å². The van der Waals surface area contributed by atoms with Crippen LogP contribution >= 0.6 is 0 Å². The molecule has 0 saturated heterocycles. The van der Waals surface area contributed by atoms with Crippen LogP contribution in [-0.2, 0) is 11.3 Å². The first-order valence-corrected chi connectivity index (χ1v) is 5.68. The van der Waals surface area contributed by atoms with Crippen LogP contribution in [0.25, 0.3) is 11.4 Å². The summed E-state index contributed by atoms with van der Waals surface area (Å²) < 4.78 is 35.7. The van der Waals surface area contributed by atoms with Crippen molar-refractivity contribution in [2.45, 2.75) is 6.54 Å². The van der Waals surface area contributed by atoms with Gasteiger partial charge in [0.1, 0.15) is 0 Å². The number of nitrogens with one attached hydrogen (secondary N) is 1. The second-order valence-corrected chi connectivity index (χ2v) is 3.81. The summed E-state index contributed by atoms with van der Waals surface area (Å²) in [7, 11) is 1.61. The van der Waals surface area contributed by atoms with Crippen LogP contribution in [0, 0.1) is 11.6 Å². The first kappa shape index (κ1) is 13.6. The van der Waals surface area contributed by atoms with Crippen molar-refractivity contribution >= 4 is 0 Å². The summed E-state index contributed by atoms with van der Waals surface area (Å²) >= 11 is 0. The van der Waals surface area contributed by atoms with E-state index in [-0.39, 0.29) is 5.82 Å². The number of nitrogens with zero attached hydrogens (tertiary/aromatic N) is 2. The fourth-order valence-corrected chi connectivity index (χ4v) is 1.45. The summed E-state index contributed by atoms with van der Waals surface area (Å²) in [5, 5.41) is 6.74. The SMILES string of the molecule is COCCNCc1nc(-c2ccc(F)c(F)c2)no1. The summed E-state index contributed by atoms with van der Waals surface area (Å²) in [6.45, 7) is 1.61. The van der Waals surface area contributed by atoms with E-state index in [0.717, 1.165) is 12.1 Å². The maximum absolute atomic E-state index is 13.1. The summed E-state index contributed by atoms with van der Waals surface area (Å²) in [4.78, 5) is 4.08. The molecule has 7 heteroatoms. The second-order valence-electron chi connectivity index (χ2n) is 3.81. The minimum atomic E-state index is -0.943. The Kier molecular flexibility index (Phi) is 4.53. The molecule has 0 unspecified atom stereocenters. The monoisotopic (exact) mass is 269 g/mol. The van der Waals surface area contributed by atoms with Crippen molar-refractivity contribution in [1.82, 2.24) is 15.5 Å². The molecule has 0 amide bonds. The third-order valence-corrected chi connectivity index (χ3v) is 2.41. The molecule has 2 aromatic rings. The van der Waals surface area contributed by atoms with Crippen molar-refractivity contribution in [2.75, 3.05) is 20.3 Å². The number of halogens is 2. The second kappa shape index (κ2) is 6.35. The quantitative estimate of drug-likeness (QED) is 0.810. The van der Waals surface area contributed by atoms with Gasteiger partial charge in [-0.15, -0.1) is 0 Å². The van der Waals surface area contributed by atoms with Gasteiger partial charge in [0, 0.05) is 19.2 Å². The molecule has 0 aliphatic rings. The minimum absolute atomic E-state index is 0.224. The van der Waals surface area contributed by atoms with Crippen LogP contribution in [0.5, 0.6) is 0 Å². The van der Waals surface area contributed by atoms with Gasteiger partial charge in [-0.05, 0) is 18.2 Å². The van der Waals surface area contributed by atoms with E-state index in [4.69, 9.17) is 9.26 Å². The zero-order valence-corrected chi connectivity index (χ0v) is 10.3. The van der Waals surface area contributed by atoms with Crippen molar-refractivity contribution in [3.8, 4) is 11.4 Å². The number of rotatable bonds is 6. The third-order valence-electron chi connectivity index (χ3n) is 2.41. The van der Waals surface area contributed by atoms with Gasteiger partial charge in [-0.25, -0.2) is 8.78 Å². The van der Waals surface area contributed by atoms with E-state index in [1.807, 2.05) is 0 Å². The van der Waals surface area contributed by atoms with Crippen LogP contribution in [0.4, 0.5) is 8.78 Å². The topological polar surface area (TPSA) is 60.2 Å². The van der Waals surface area contributed by atoms with E-state index in [1.165, 1.54) is 6.07 Å². The molecule has 2 rings (SSSR count). The predicted molar refractivity (Wildman–Crippen MR) is 63.2 cm³/mol. The van der Waals surface area contributed by atoms with E-state index in [2.05, 4.69) is 15.5 Å². The highest BCUT2D eigenvalue weighted by Crippen LogP contribution is 2.18. The van der Waals surface area contributed by atoms with Gasteiger partial charge < -0.3 is 14.6 Å². The van der Waals surface area contributed by atoms with Gasteiger partial charge in [0.2, 0.25) is 11.7 Å². The molecular weight excluding hydrogens is 256 g/mol. The van der Waals surface area contributed by atoms with Gasteiger partial charge >= 0.3 is 0 Å². The fourth-order valence-electron chi connectivity index (χ4n) is 1.45.